The molecule has 0 amide bonds. The van der Waals surface area contributed by atoms with Gasteiger partial charge in [0.25, 0.3) is 0 Å². The summed E-state index contributed by atoms with van der Waals surface area (Å²) in [6, 6.07) is 0. The maximum atomic E-state index is 12.9. The van der Waals surface area contributed by atoms with Gasteiger partial charge in [0.15, 0.2) is 6.10 Å². The molecule has 6 heteroatoms. The lowest BCUT2D eigenvalue weighted by Gasteiger charge is -2.18. The van der Waals surface area contributed by atoms with Gasteiger partial charge in [0.1, 0.15) is 13.2 Å². The molecule has 0 heterocycles. The summed E-state index contributed by atoms with van der Waals surface area (Å²) in [5.41, 5.74) is 0. The maximum Gasteiger partial charge on any atom is 0.306 e. The summed E-state index contributed by atoms with van der Waals surface area (Å²) < 4.78 is 16.9. The van der Waals surface area contributed by atoms with E-state index in [1.807, 2.05) is 0 Å². The Bertz CT molecular complexity index is 1720. The predicted molar refractivity (Wildman–Crippen MR) is 353 cm³/mol. The first-order valence-electron chi connectivity index (χ1n) is 33.7. The molecule has 460 valence electrons. The highest BCUT2D eigenvalue weighted by Crippen LogP contribution is 2.16. The highest BCUT2D eigenvalue weighted by molar-refractivity contribution is 5.71. The summed E-state index contributed by atoms with van der Waals surface area (Å²) in [5, 5.41) is 0. The van der Waals surface area contributed by atoms with Gasteiger partial charge in [0.2, 0.25) is 0 Å². The zero-order chi connectivity index (χ0) is 58.5. The summed E-state index contributed by atoms with van der Waals surface area (Å²) in [4.78, 5) is 38.4. The minimum Gasteiger partial charge on any atom is -0.462 e. The first-order valence-corrected chi connectivity index (χ1v) is 33.7. The van der Waals surface area contributed by atoms with Gasteiger partial charge in [-0.25, -0.2) is 0 Å². The second-order valence-corrected chi connectivity index (χ2v) is 22.0. The van der Waals surface area contributed by atoms with Crippen molar-refractivity contribution in [2.24, 2.45) is 0 Å². The molecule has 0 aliphatic heterocycles. The molecule has 0 saturated carbocycles. The number of hydrogen-bond acceptors (Lipinski definition) is 6. The standard InChI is InChI=1S/C75H124O6/c1-4-7-10-13-16-19-22-25-27-29-31-33-35-36-37-38-40-41-43-45-47-50-53-56-59-62-65-68-74(77)80-71-72(70-79-73(76)67-64-61-58-55-52-49-24-21-18-15-12-9-6-3)81-75(78)69-66-63-60-57-54-51-48-46-44-42-39-34-32-30-28-26-23-20-17-14-11-8-5-2/h7,10,16,19,23,25-27,30-33,36-37,39-42,45,47,53,56,72H,4-6,8-9,11-15,17-18,20-22,24,28-29,34-35,38,43-44,46,48-52,54-55,57-71H2,1-3H3/b10-7-,19-16-,26-23-,27-25-,32-30-,33-31-,37-36-,41-40-,42-39-,47-45-,56-53-. The van der Waals surface area contributed by atoms with E-state index in [0.29, 0.717) is 25.7 Å². The van der Waals surface area contributed by atoms with E-state index < -0.39 is 6.10 Å². The average Bonchev–Trinajstić information content (AvgIpc) is 3.46. The van der Waals surface area contributed by atoms with Gasteiger partial charge in [0, 0.05) is 19.3 Å². The van der Waals surface area contributed by atoms with Gasteiger partial charge in [-0.15, -0.1) is 0 Å². The molecule has 0 fully saturated rings. The topological polar surface area (TPSA) is 78.9 Å². The van der Waals surface area contributed by atoms with Gasteiger partial charge in [-0.05, 0) is 122 Å². The number of rotatable bonds is 60. The Morgan fingerprint density at radius 3 is 0.778 bits per heavy atom. The van der Waals surface area contributed by atoms with E-state index in [0.717, 1.165) is 122 Å². The van der Waals surface area contributed by atoms with Crippen molar-refractivity contribution in [3.63, 3.8) is 0 Å². The van der Waals surface area contributed by atoms with E-state index in [4.69, 9.17) is 14.2 Å². The Morgan fingerprint density at radius 1 is 0.259 bits per heavy atom. The zero-order valence-corrected chi connectivity index (χ0v) is 52.8. The second-order valence-electron chi connectivity index (χ2n) is 22.0. The molecule has 0 spiro atoms. The fraction of sp³-hybridized carbons (Fsp3) is 0.667. The van der Waals surface area contributed by atoms with Crippen molar-refractivity contribution >= 4 is 17.9 Å². The summed E-state index contributed by atoms with van der Waals surface area (Å²) in [6.07, 6.45) is 96.0. The maximum absolute atomic E-state index is 12.9. The predicted octanol–water partition coefficient (Wildman–Crippen LogP) is 23.3. The fourth-order valence-electron chi connectivity index (χ4n) is 9.11. The molecule has 0 bridgehead atoms. The quantitative estimate of drug-likeness (QED) is 0.0261. The lowest BCUT2D eigenvalue weighted by molar-refractivity contribution is -0.167. The number of allylic oxidation sites excluding steroid dienone is 22. The third-order valence-electron chi connectivity index (χ3n) is 14.1. The molecule has 0 aliphatic carbocycles. The molecule has 6 nitrogen and oxygen atoms in total. The van der Waals surface area contributed by atoms with Crippen molar-refractivity contribution in [1.82, 2.24) is 0 Å². The van der Waals surface area contributed by atoms with Gasteiger partial charge in [-0.1, -0.05) is 296 Å². The molecule has 81 heavy (non-hydrogen) atoms. The van der Waals surface area contributed by atoms with Gasteiger partial charge >= 0.3 is 17.9 Å². The molecule has 1 unspecified atom stereocenters. The SMILES string of the molecule is CC/C=C\C/C=C\C/C=C\C/C=C\C/C=C\C/C=C\C/C=C\C/C=C\CCCCC(=O)OCC(COC(=O)CCCCCCCCCCCCCCC)OC(=O)CCCCCCCCCC/C=C\C/C=C\C/C=C\CCCCCCC. The summed E-state index contributed by atoms with van der Waals surface area (Å²) >= 11 is 0. The molecule has 0 saturated heterocycles. The van der Waals surface area contributed by atoms with Crippen LogP contribution < -0.4 is 0 Å². The first-order chi connectivity index (χ1) is 40.0. The third kappa shape index (κ3) is 66.2. The van der Waals surface area contributed by atoms with Crippen LogP contribution in [0.25, 0.3) is 0 Å². The van der Waals surface area contributed by atoms with Crippen LogP contribution in [0.1, 0.15) is 303 Å². The largest absolute Gasteiger partial charge is 0.462 e. The molecule has 0 aromatic carbocycles. The molecule has 0 N–H and O–H groups in total. The Balaban J connectivity index is 4.44. The van der Waals surface area contributed by atoms with E-state index in [9.17, 15) is 14.4 Å². The van der Waals surface area contributed by atoms with Gasteiger partial charge < -0.3 is 14.2 Å². The average molecular weight is 1120 g/mol. The van der Waals surface area contributed by atoms with E-state index in [-0.39, 0.29) is 31.1 Å². The number of carbonyl (C=O) groups excluding carboxylic acids is 3. The number of ether oxygens (including phenoxy) is 3. The van der Waals surface area contributed by atoms with Crippen molar-refractivity contribution in [2.45, 2.75) is 309 Å². The minimum absolute atomic E-state index is 0.0962. The van der Waals surface area contributed by atoms with Crippen molar-refractivity contribution < 1.29 is 28.6 Å². The molecular weight excluding hydrogens is 997 g/mol. The van der Waals surface area contributed by atoms with Crippen LogP contribution in [0.4, 0.5) is 0 Å². The normalized spacial score (nSPS) is 13.0. The number of esters is 3. The van der Waals surface area contributed by atoms with Gasteiger partial charge in [-0.2, -0.15) is 0 Å². The van der Waals surface area contributed by atoms with Crippen LogP contribution in [0.2, 0.25) is 0 Å². The van der Waals surface area contributed by atoms with Gasteiger partial charge in [-0.3, -0.25) is 14.4 Å². The first kappa shape index (κ1) is 76.5. The van der Waals surface area contributed by atoms with E-state index in [1.165, 1.54) is 135 Å². The van der Waals surface area contributed by atoms with Crippen LogP contribution in [0, 0.1) is 0 Å². The number of hydrogen-bond donors (Lipinski definition) is 0. The second kappa shape index (κ2) is 68.1. The Labute approximate surface area is 500 Å². The summed E-state index contributed by atoms with van der Waals surface area (Å²) in [7, 11) is 0. The number of unbranched alkanes of at least 4 members (excludes halogenated alkanes) is 27. The van der Waals surface area contributed by atoms with Gasteiger partial charge in [0.05, 0.1) is 0 Å². The third-order valence-corrected chi connectivity index (χ3v) is 14.1. The molecule has 0 aliphatic rings. The van der Waals surface area contributed by atoms with Crippen molar-refractivity contribution in [2.75, 3.05) is 13.2 Å². The van der Waals surface area contributed by atoms with E-state index in [2.05, 4.69) is 154 Å². The Hall–Kier alpha value is -4.45. The highest BCUT2D eigenvalue weighted by Gasteiger charge is 2.19. The number of carbonyl (C=O) groups is 3. The molecular formula is C75H124O6. The molecule has 0 rings (SSSR count). The van der Waals surface area contributed by atoms with Crippen LogP contribution in [0.5, 0.6) is 0 Å². The Kier molecular flexibility index (Phi) is 64.3. The van der Waals surface area contributed by atoms with Crippen LogP contribution in [0.15, 0.2) is 134 Å². The zero-order valence-electron chi connectivity index (χ0n) is 52.8. The summed E-state index contributed by atoms with van der Waals surface area (Å²) in [5.74, 6) is -0.944. The lowest BCUT2D eigenvalue weighted by atomic mass is 10.0. The molecule has 0 radical (unpaired) electrons. The minimum atomic E-state index is -0.805. The molecule has 0 aromatic rings. The van der Waals surface area contributed by atoms with E-state index in [1.54, 1.807) is 0 Å². The van der Waals surface area contributed by atoms with Crippen LogP contribution >= 0.6 is 0 Å². The van der Waals surface area contributed by atoms with Crippen molar-refractivity contribution in [3.05, 3.63) is 134 Å². The van der Waals surface area contributed by atoms with E-state index >= 15 is 0 Å². The summed E-state index contributed by atoms with van der Waals surface area (Å²) in [6.45, 7) is 6.49. The van der Waals surface area contributed by atoms with Crippen LogP contribution in [0.3, 0.4) is 0 Å². The smallest absolute Gasteiger partial charge is 0.306 e. The molecule has 0 aromatic heterocycles. The van der Waals surface area contributed by atoms with Crippen molar-refractivity contribution in [3.8, 4) is 0 Å². The lowest BCUT2D eigenvalue weighted by Crippen LogP contribution is -2.30. The fourth-order valence-corrected chi connectivity index (χ4v) is 9.11. The molecule has 1 atom stereocenters. The monoisotopic (exact) mass is 1120 g/mol. The van der Waals surface area contributed by atoms with Crippen LogP contribution in [-0.2, 0) is 28.6 Å². The highest BCUT2D eigenvalue weighted by atomic mass is 16.6. The van der Waals surface area contributed by atoms with Crippen molar-refractivity contribution in [1.29, 1.82) is 0 Å². The van der Waals surface area contributed by atoms with Crippen LogP contribution in [-0.4, -0.2) is 37.2 Å². The Morgan fingerprint density at radius 2 is 0.481 bits per heavy atom.